The molecule has 0 aliphatic heterocycles. The second-order valence-electron chi connectivity index (χ2n) is 10.7. The third-order valence-corrected chi connectivity index (χ3v) is 7.63. The normalized spacial score (nSPS) is 13.1. The molecule has 4 aromatic carbocycles. The molecule has 4 aromatic rings. The van der Waals surface area contributed by atoms with Crippen molar-refractivity contribution in [1.29, 1.82) is 0 Å². The highest BCUT2D eigenvalue weighted by Crippen LogP contribution is 2.42. The number of carboxylic acid groups (broad SMARTS) is 1. The Labute approximate surface area is 267 Å². The molecule has 0 aliphatic rings. The molecule has 3 amide bonds. The molecule has 4 rings (SSSR count). The standard InChI is InChI=1S/C35H37N5O6/c1-24(33(43)44)37-32(42)25(2)40(34(45)46-23-26-15-7-3-8-16-26)39-38-30(31(36)41)35(27-17-9-4-10-18-27,28-19-11-5-12-20-28)29-21-13-6-14-22-29/h3-22,24-25,30,38-39H,23H2,1-2H3,(H2,36,41)(H,37,42)(H,43,44)/t24-,25-,30?/m0/s1. The molecule has 0 saturated carbocycles. The van der Waals surface area contributed by atoms with Gasteiger partial charge in [0.1, 0.15) is 24.7 Å². The molecule has 0 fully saturated rings. The van der Waals surface area contributed by atoms with Gasteiger partial charge in [-0.2, -0.15) is 5.53 Å². The number of benzene rings is 4. The molecule has 0 aliphatic carbocycles. The molecule has 0 saturated heterocycles. The number of hydrogen-bond donors (Lipinski definition) is 5. The second kappa shape index (κ2) is 15.5. The van der Waals surface area contributed by atoms with Crippen LogP contribution in [0.15, 0.2) is 121 Å². The number of carbonyl (C=O) groups is 4. The molecule has 6 N–H and O–H groups in total. The van der Waals surface area contributed by atoms with Crippen LogP contribution in [0, 0.1) is 0 Å². The summed E-state index contributed by atoms with van der Waals surface area (Å²) in [4.78, 5) is 51.6. The lowest BCUT2D eigenvalue weighted by Crippen LogP contribution is -2.66. The van der Waals surface area contributed by atoms with Crippen LogP contribution in [0.25, 0.3) is 0 Å². The first-order valence-corrected chi connectivity index (χ1v) is 14.7. The molecule has 0 aromatic heterocycles. The number of nitrogens with zero attached hydrogens (tertiary/aromatic N) is 1. The van der Waals surface area contributed by atoms with Gasteiger partial charge in [0.2, 0.25) is 11.8 Å². The Bertz CT molecular complexity index is 1510. The minimum Gasteiger partial charge on any atom is -0.480 e. The number of carbonyl (C=O) groups excluding carboxylic acids is 3. The third-order valence-electron chi connectivity index (χ3n) is 7.63. The molecule has 11 heteroatoms. The van der Waals surface area contributed by atoms with Crippen LogP contribution in [0.4, 0.5) is 4.79 Å². The zero-order chi connectivity index (χ0) is 33.1. The lowest BCUT2D eigenvalue weighted by Gasteiger charge is -2.42. The van der Waals surface area contributed by atoms with Gasteiger partial charge in [-0.1, -0.05) is 121 Å². The summed E-state index contributed by atoms with van der Waals surface area (Å²) in [5, 5.41) is 12.5. The van der Waals surface area contributed by atoms with Gasteiger partial charge in [-0.3, -0.25) is 14.4 Å². The summed E-state index contributed by atoms with van der Waals surface area (Å²) in [5.74, 6) is -2.80. The number of primary amides is 1. The van der Waals surface area contributed by atoms with Crippen molar-refractivity contribution in [1.82, 2.24) is 21.3 Å². The van der Waals surface area contributed by atoms with Gasteiger partial charge in [0.15, 0.2) is 0 Å². The van der Waals surface area contributed by atoms with E-state index < -0.39 is 47.4 Å². The van der Waals surface area contributed by atoms with Gasteiger partial charge in [0.25, 0.3) is 0 Å². The van der Waals surface area contributed by atoms with Gasteiger partial charge in [0.05, 0.1) is 5.41 Å². The van der Waals surface area contributed by atoms with Gasteiger partial charge >= 0.3 is 12.1 Å². The summed E-state index contributed by atoms with van der Waals surface area (Å²) in [6, 6.07) is 33.1. The number of nitrogens with two attached hydrogens (primary N) is 1. The Morgan fingerprint density at radius 3 is 1.61 bits per heavy atom. The first kappa shape index (κ1) is 33.4. The Morgan fingerprint density at radius 1 is 0.761 bits per heavy atom. The third kappa shape index (κ3) is 7.57. The van der Waals surface area contributed by atoms with Gasteiger partial charge in [-0.15, -0.1) is 0 Å². The maximum absolute atomic E-state index is 13.5. The van der Waals surface area contributed by atoms with Crippen LogP contribution in [0.1, 0.15) is 36.1 Å². The van der Waals surface area contributed by atoms with Crippen LogP contribution in [-0.4, -0.2) is 52.1 Å². The van der Waals surface area contributed by atoms with Crippen molar-refractivity contribution < 1.29 is 29.0 Å². The molecule has 0 radical (unpaired) electrons. The average molecular weight is 624 g/mol. The molecule has 0 spiro atoms. The molecule has 3 atom stereocenters. The lowest BCUT2D eigenvalue weighted by atomic mass is 9.64. The van der Waals surface area contributed by atoms with Crippen molar-refractivity contribution in [3.63, 3.8) is 0 Å². The lowest BCUT2D eigenvalue weighted by molar-refractivity contribution is -0.142. The minimum absolute atomic E-state index is 0.112. The van der Waals surface area contributed by atoms with E-state index in [1.54, 1.807) is 24.3 Å². The van der Waals surface area contributed by atoms with E-state index in [-0.39, 0.29) is 6.61 Å². The number of nitrogens with one attached hydrogen (secondary N) is 3. The van der Waals surface area contributed by atoms with Crippen molar-refractivity contribution in [2.75, 3.05) is 0 Å². The molecular weight excluding hydrogens is 586 g/mol. The molecule has 46 heavy (non-hydrogen) atoms. The first-order chi connectivity index (χ1) is 22.2. The summed E-state index contributed by atoms with van der Waals surface area (Å²) in [6.07, 6.45) is -0.963. The van der Waals surface area contributed by atoms with Crippen LogP contribution in [0.5, 0.6) is 0 Å². The summed E-state index contributed by atoms with van der Waals surface area (Å²) >= 11 is 0. The SMILES string of the molecule is C[C@H](NC(=O)[C@H](C)N(NNC(C(N)=O)C(c1ccccc1)(c1ccccc1)c1ccccc1)C(=O)OCc1ccccc1)C(=O)O. The zero-order valence-electron chi connectivity index (χ0n) is 25.5. The molecular formula is C35H37N5O6. The summed E-state index contributed by atoms with van der Waals surface area (Å²) in [5.41, 5.74) is 13.5. The van der Waals surface area contributed by atoms with Crippen molar-refractivity contribution >= 4 is 23.9 Å². The molecule has 238 valence electrons. The number of aliphatic carboxylic acids is 1. The van der Waals surface area contributed by atoms with Crippen LogP contribution in [-0.2, 0) is 31.1 Å². The van der Waals surface area contributed by atoms with E-state index >= 15 is 0 Å². The van der Waals surface area contributed by atoms with Gasteiger partial charge in [-0.25, -0.2) is 15.2 Å². The van der Waals surface area contributed by atoms with Gasteiger partial charge in [-0.05, 0) is 36.1 Å². The van der Waals surface area contributed by atoms with E-state index in [1.807, 2.05) is 97.1 Å². The summed E-state index contributed by atoms with van der Waals surface area (Å²) in [6.45, 7) is 2.58. The fourth-order valence-corrected chi connectivity index (χ4v) is 5.23. The Morgan fingerprint density at radius 2 is 1.20 bits per heavy atom. The van der Waals surface area contributed by atoms with Crippen LogP contribution in [0.2, 0.25) is 0 Å². The van der Waals surface area contributed by atoms with Crippen molar-refractivity contribution in [3.8, 4) is 0 Å². The average Bonchev–Trinajstić information content (AvgIpc) is 3.08. The topological polar surface area (TPSA) is 163 Å². The molecule has 11 nitrogen and oxygen atoms in total. The van der Waals surface area contributed by atoms with Crippen LogP contribution < -0.4 is 22.0 Å². The van der Waals surface area contributed by atoms with Crippen LogP contribution >= 0.6 is 0 Å². The summed E-state index contributed by atoms with van der Waals surface area (Å²) < 4.78 is 5.52. The Kier molecular flexibility index (Phi) is 11.2. The highest BCUT2D eigenvalue weighted by atomic mass is 16.6. The van der Waals surface area contributed by atoms with E-state index in [9.17, 15) is 24.3 Å². The number of ether oxygens (including phenoxy) is 1. The fourth-order valence-electron chi connectivity index (χ4n) is 5.23. The first-order valence-electron chi connectivity index (χ1n) is 14.7. The number of carboxylic acids is 1. The van der Waals surface area contributed by atoms with E-state index in [2.05, 4.69) is 16.3 Å². The smallest absolute Gasteiger partial charge is 0.426 e. The molecule has 0 bridgehead atoms. The molecule has 1 unspecified atom stereocenters. The van der Waals surface area contributed by atoms with Gasteiger partial charge in [0, 0.05) is 0 Å². The fraction of sp³-hybridized carbons (Fsp3) is 0.200. The largest absolute Gasteiger partial charge is 0.480 e. The zero-order valence-corrected chi connectivity index (χ0v) is 25.5. The quantitative estimate of drug-likeness (QED) is 0.105. The monoisotopic (exact) mass is 623 g/mol. The van der Waals surface area contributed by atoms with Crippen LogP contribution in [0.3, 0.4) is 0 Å². The second-order valence-corrected chi connectivity index (χ2v) is 10.7. The maximum atomic E-state index is 13.5. The highest BCUT2D eigenvalue weighted by Gasteiger charge is 2.47. The highest BCUT2D eigenvalue weighted by molar-refractivity contribution is 5.89. The summed E-state index contributed by atoms with van der Waals surface area (Å²) in [7, 11) is 0. The predicted molar refractivity (Wildman–Crippen MR) is 172 cm³/mol. The molecule has 0 heterocycles. The Balaban J connectivity index is 1.77. The number of amides is 3. The van der Waals surface area contributed by atoms with E-state index in [0.717, 1.165) is 21.7 Å². The van der Waals surface area contributed by atoms with E-state index in [0.29, 0.717) is 5.56 Å². The van der Waals surface area contributed by atoms with E-state index in [1.165, 1.54) is 13.8 Å². The number of hydrazine groups is 2. The van der Waals surface area contributed by atoms with Crippen molar-refractivity contribution in [2.45, 2.75) is 44.0 Å². The van der Waals surface area contributed by atoms with Crippen molar-refractivity contribution in [2.24, 2.45) is 5.73 Å². The van der Waals surface area contributed by atoms with Crippen molar-refractivity contribution in [3.05, 3.63) is 144 Å². The Hall–Kier alpha value is -5.52. The number of rotatable bonds is 14. The van der Waals surface area contributed by atoms with E-state index in [4.69, 9.17) is 10.5 Å². The number of hydrogen-bond acceptors (Lipinski definition) is 7. The maximum Gasteiger partial charge on any atom is 0.426 e. The predicted octanol–water partition coefficient (Wildman–Crippen LogP) is 3.50. The van der Waals surface area contributed by atoms with Gasteiger partial charge < -0.3 is 20.9 Å². The minimum atomic E-state index is -1.30.